The van der Waals surface area contributed by atoms with Gasteiger partial charge in [0.05, 0.1) is 12.0 Å². The number of rotatable bonds is 1. The van der Waals surface area contributed by atoms with Crippen molar-refractivity contribution in [2.75, 3.05) is 14.2 Å². The normalized spacial score (nSPS) is 19.3. The van der Waals surface area contributed by atoms with Crippen LogP contribution in [0.4, 0.5) is 0 Å². The maximum absolute atomic E-state index is 11.7. The fourth-order valence-corrected chi connectivity index (χ4v) is 2.89. The van der Waals surface area contributed by atoms with Gasteiger partial charge in [0.15, 0.2) is 0 Å². The van der Waals surface area contributed by atoms with Crippen molar-refractivity contribution < 1.29 is 13.2 Å². The Balaban J connectivity index is 2.60. The second-order valence-electron chi connectivity index (χ2n) is 3.23. The Morgan fingerprint density at radius 3 is 2.79 bits per heavy atom. The molecule has 0 amide bonds. The van der Waals surface area contributed by atoms with Crippen LogP contribution in [0, 0.1) is 0 Å². The third-order valence-corrected chi connectivity index (χ3v) is 4.25. The van der Waals surface area contributed by atoms with Gasteiger partial charge in [0.1, 0.15) is 5.75 Å². The molecule has 4 nitrogen and oxygen atoms in total. The Labute approximate surface area is 83.2 Å². The molecule has 0 aromatic heterocycles. The zero-order chi connectivity index (χ0) is 10.3. The molecule has 0 atom stereocenters. The SMILES string of the molecule is COc1ccc2c(c1)CN(C)S2(=O)=O. The van der Waals surface area contributed by atoms with Crippen LogP contribution in [0.3, 0.4) is 0 Å². The summed E-state index contributed by atoms with van der Waals surface area (Å²) in [5.41, 5.74) is 0.798. The van der Waals surface area contributed by atoms with Crippen molar-refractivity contribution in [1.29, 1.82) is 0 Å². The number of ether oxygens (including phenoxy) is 1. The van der Waals surface area contributed by atoms with Crippen LogP contribution in [0.5, 0.6) is 5.75 Å². The zero-order valence-corrected chi connectivity index (χ0v) is 8.84. The van der Waals surface area contributed by atoms with Gasteiger partial charge in [-0.25, -0.2) is 8.42 Å². The van der Waals surface area contributed by atoms with Gasteiger partial charge in [-0.05, 0) is 23.8 Å². The summed E-state index contributed by atoms with van der Waals surface area (Å²) in [5.74, 6) is 0.689. The van der Waals surface area contributed by atoms with E-state index in [0.717, 1.165) is 5.56 Å². The lowest BCUT2D eigenvalue weighted by Crippen LogP contribution is -2.18. The van der Waals surface area contributed by atoms with Crippen molar-refractivity contribution in [3.8, 4) is 5.75 Å². The molecular formula is C9H11NO3S. The van der Waals surface area contributed by atoms with Crippen molar-refractivity contribution in [3.05, 3.63) is 23.8 Å². The van der Waals surface area contributed by atoms with Gasteiger partial charge in [0, 0.05) is 13.6 Å². The van der Waals surface area contributed by atoms with E-state index in [-0.39, 0.29) is 0 Å². The predicted octanol–water partition coefficient (Wildman–Crippen LogP) is 0.829. The summed E-state index contributed by atoms with van der Waals surface area (Å²) in [5, 5.41) is 0. The van der Waals surface area contributed by atoms with Crippen molar-refractivity contribution in [1.82, 2.24) is 4.31 Å². The van der Waals surface area contributed by atoms with Gasteiger partial charge in [-0.1, -0.05) is 0 Å². The Kier molecular flexibility index (Phi) is 2.01. The lowest BCUT2D eigenvalue weighted by Gasteiger charge is -2.04. The van der Waals surface area contributed by atoms with E-state index < -0.39 is 10.0 Å². The minimum atomic E-state index is -3.23. The Bertz CT molecular complexity index is 467. The molecule has 1 aromatic carbocycles. The largest absolute Gasteiger partial charge is 0.497 e. The number of fused-ring (bicyclic) bond motifs is 1. The summed E-state index contributed by atoms with van der Waals surface area (Å²) < 4.78 is 29.7. The van der Waals surface area contributed by atoms with E-state index in [1.807, 2.05) is 0 Å². The lowest BCUT2D eigenvalue weighted by molar-refractivity contribution is 0.413. The predicted molar refractivity (Wildman–Crippen MR) is 51.6 cm³/mol. The molecule has 1 aromatic rings. The fourth-order valence-electron chi connectivity index (χ4n) is 1.55. The first kappa shape index (κ1) is 9.48. The number of sulfonamides is 1. The summed E-state index contributed by atoms with van der Waals surface area (Å²) in [7, 11) is -0.0959. The number of hydrogen-bond donors (Lipinski definition) is 0. The van der Waals surface area contributed by atoms with E-state index in [2.05, 4.69) is 0 Å². The third-order valence-electron chi connectivity index (χ3n) is 2.35. The van der Waals surface area contributed by atoms with Crippen molar-refractivity contribution in [2.24, 2.45) is 0 Å². The molecule has 0 aliphatic carbocycles. The first-order valence-corrected chi connectivity index (χ1v) is 5.63. The number of benzene rings is 1. The first-order chi connectivity index (χ1) is 6.55. The highest BCUT2D eigenvalue weighted by Crippen LogP contribution is 2.31. The van der Waals surface area contributed by atoms with E-state index >= 15 is 0 Å². The Hall–Kier alpha value is -1.07. The molecule has 0 N–H and O–H groups in total. The minimum absolute atomic E-state index is 0.390. The van der Waals surface area contributed by atoms with E-state index in [1.54, 1.807) is 32.4 Å². The molecule has 0 radical (unpaired) electrons. The molecule has 0 spiro atoms. The van der Waals surface area contributed by atoms with Gasteiger partial charge in [-0.15, -0.1) is 0 Å². The van der Waals surface area contributed by atoms with Gasteiger partial charge in [0.2, 0.25) is 10.0 Å². The number of nitrogens with zero attached hydrogens (tertiary/aromatic N) is 1. The third kappa shape index (κ3) is 1.20. The van der Waals surface area contributed by atoms with E-state index in [0.29, 0.717) is 17.2 Å². The van der Waals surface area contributed by atoms with Crippen LogP contribution in [0.1, 0.15) is 5.56 Å². The van der Waals surface area contributed by atoms with E-state index in [1.165, 1.54) is 4.31 Å². The topological polar surface area (TPSA) is 46.6 Å². The number of hydrogen-bond acceptors (Lipinski definition) is 3. The minimum Gasteiger partial charge on any atom is -0.497 e. The van der Waals surface area contributed by atoms with Gasteiger partial charge in [0.25, 0.3) is 0 Å². The summed E-state index contributed by atoms with van der Waals surface area (Å²) in [4.78, 5) is 0.390. The second-order valence-corrected chi connectivity index (χ2v) is 5.25. The maximum atomic E-state index is 11.7. The average molecular weight is 213 g/mol. The van der Waals surface area contributed by atoms with E-state index in [4.69, 9.17) is 4.74 Å². The maximum Gasteiger partial charge on any atom is 0.243 e. The van der Waals surface area contributed by atoms with Crippen molar-refractivity contribution in [2.45, 2.75) is 11.4 Å². The molecule has 0 saturated heterocycles. The molecule has 1 aliphatic heterocycles. The quantitative estimate of drug-likeness (QED) is 0.694. The van der Waals surface area contributed by atoms with Gasteiger partial charge < -0.3 is 4.74 Å². The lowest BCUT2D eigenvalue weighted by atomic mass is 10.2. The smallest absolute Gasteiger partial charge is 0.243 e. The standard InChI is InChI=1S/C9H11NO3S/c1-10-6-7-5-8(13-2)3-4-9(7)14(10,11)12/h3-5H,6H2,1-2H3. The van der Waals surface area contributed by atoms with Crippen LogP contribution in [0.25, 0.3) is 0 Å². The van der Waals surface area contributed by atoms with Crippen LogP contribution in [0.15, 0.2) is 23.1 Å². The second kappa shape index (κ2) is 2.96. The fraction of sp³-hybridized carbons (Fsp3) is 0.333. The molecule has 14 heavy (non-hydrogen) atoms. The molecule has 2 rings (SSSR count). The van der Waals surface area contributed by atoms with Crippen molar-refractivity contribution in [3.63, 3.8) is 0 Å². The Morgan fingerprint density at radius 2 is 2.14 bits per heavy atom. The van der Waals surface area contributed by atoms with Gasteiger partial charge in [-0.3, -0.25) is 0 Å². The zero-order valence-electron chi connectivity index (χ0n) is 8.02. The molecule has 0 saturated carbocycles. The summed E-state index contributed by atoms with van der Waals surface area (Å²) in [6, 6.07) is 5.01. The monoisotopic (exact) mass is 213 g/mol. The molecular weight excluding hydrogens is 202 g/mol. The molecule has 0 fully saturated rings. The van der Waals surface area contributed by atoms with Crippen LogP contribution >= 0.6 is 0 Å². The van der Waals surface area contributed by atoms with Crippen LogP contribution < -0.4 is 4.74 Å². The molecule has 0 unspecified atom stereocenters. The average Bonchev–Trinajstić information content (AvgIpc) is 2.38. The summed E-state index contributed by atoms with van der Waals surface area (Å²) in [6.45, 7) is 0.425. The molecule has 76 valence electrons. The number of methoxy groups -OCH3 is 1. The van der Waals surface area contributed by atoms with Gasteiger partial charge >= 0.3 is 0 Å². The van der Waals surface area contributed by atoms with Crippen LogP contribution in [0.2, 0.25) is 0 Å². The molecule has 1 aliphatic rings. The van der Waals surface area contributed by atoms with Crippen molar-refractivity contribution >= 4 is 10.0 Å². The summed E-state index contributed by atoms with van der Waals surface area (Å²) >= 11 is 0. The molecule has 5 heteroatoms. The molecule has 1 heterocycles. The first-order valence-electron chi connectivity index (χ1n) is 4.19. The van der Waals surface area contributed by atoms with Crippen LogP contribution in [-0.4, -0.2) is 26.9 Å². The molecule has 0 bridgehead atoms. The Morgan fingerprint density at radius 1 is 1.43 bits per heavy atom. The van der Waals surface area contributed by atoms with Gasteiger partial charge in [-0.2, -0.15) is 4.31 Å². The van der Waals surface area contributed by atoms with Crippen LogP contribution in [-0.2, 0) is 16.6 Å². The van der Waals surface area contributed by atoms with E-state index in [9.17, 15) is 8.42 Å². The highest BCUT2D eigenvalue weighted by Gasteiger charge is 2.31. The highest BCUT2D eigenvalue weighted by molar-refractivity contribution is 7.89. The summed E-state index contributed by atoms with van der Waals surface area (Å²) in [6.07, 6.45) is 0. The highest BCUT2D eigenvalue weighted by atomic mass is 32.2.